The molecule has 1 aromatic carbocycles. The van der Waals surface area contributed by atoms with Gasteiger partial charge in [0.25, 0.3) is 0 Å². The number of hydrogen-bond donors (Lipinski definition) is 2. The van der Waals surface area contributed by atoms with Crippen LogP contribution in [0.25, 0.3) is 0 Å². The van der Waals surface area contributed by atoms with E-state index in [4.69, 9.17) is 4.74 Å². The molecule has 21 heavy (non-hydrogen) atoms. The zero-order valence-electron chi connectivity index (χ0n) is 13.6. The van der Waals surface area contributed by atoms with Crippen LogP contribution in [0, 0.1) is 6.92 Å². The summed E-state index contributed by atoms with van der Waals surface area (Å²) < 4.78 is 5.15. The van der Waals surface area contributed by atoms with Gasteiger partial charge in [-0.15, -0.1) is 0 Å². The van der Waals surface area contributed by atoms with E-state index in [0.717, 1.165) is 12.5 Å². The van der Waals surface area contributed by atoms with Gasteiger partial charge in [-0.3, -0.25) is 4.99 Å². The predicted octanol–water partition coefficient (Wildman–Crippen LogP) is 2.23. The molecule has 1 aliphatic carbocycles. The molecule has 1 saturated carbocycles. The molecule has 0 saturated heterocycles. The van der Waals surface area contributed by atoms with Crippen LogP contribution in [0.4, 0.5) is 0 Å². The summed E-state index contributed by atoms with van der Waals surface area (Å²) in [7, 11) is 3.52. The quantitative estimate of drug-likeness (QED) is 0.623. The maximum Gasteiger partial charge on any atom is 0.191 e. The largest absolute Gasteiger partial charge is 0.383 e. The molecule has 4 heteroatoms. The summed E-state index contributed by atoms with van der Waals surface area (Å²) in [6, 6.07) is 8.94. The van der Waals surface area contributed by atoms with E-state index < -0.39 is 0 Å². The van der Waals surface area contributed by atoms with Gasteiger partial charge < -0.3 is 15.4 Å². The summed E-state index contributed by atoms with van der Waals surface area (Å²) in [5, 5.41) is 6.82. The van der Waals surface area contributed by atoms with Gasteiger partial charge in [-0.2, -0.15) is 0 Å². The Morgan fingerprint density at radius 2 is 2.10 bits per heavy atom. The number of nitrogens with one attached hydrogen (secondary N) is 2. The Bertz CT molecular complexity index is 495. The molecule has 2 rings (SSSR count). The third-order valence-electron chi connectivity index (χ3n) is 4.19. The number of aliphatic imine (C=N–C) groups is 1. The van der Waals surface area contributed by atoms with Crippen molar-refractivity contribution >= 4 is 5.96 Å². The van der Waals surface area contributed by atoms with E-state index in [0.29, 0.717) is 6.61 Å². The van der Waals surface area contributed by atoms with Gasteiger partial charge in [0.15, 0.2) is 5.96 Å². The van der Waals surface area contributed by atoms with Crippen LogP contribution in [0.2, 0.25) is 0 Å². The van der Waals surface area contributed by atoms with E-state index in [1.807, 2.05) is 7.05 Å². The fourth-order valence-electron chi connectivity index (χ4n) is 2.83. The third-order valence-corrected chi connectivity index (χ3v) is 4.19. The highest BCUT2D eigenvalue weighted by Crippen LogP contribution is 2.48. The van der Waals surface area contributed by atoms with E-state index in [-0.39, 0.29) is 11.5 Å². The SMILES string of the molecule is CN=C(NCC1(c2ccccc2C)CC1)NC(C)COC. The molecule has 1 fully saturated rings. The third kappa shape index (κ3) is 3.97. The van der Waals surface area contributed by atoms with Crippen molar-refractivity contribution in [2.45, 2.75) is 38.1 Å². The van der Waals surface area contributed by atoms with E-state index >= 15 is 0 Å². The Hall–Kier alpha value is -1.55. The van der Waals surface area contributed by atoms with Crippen molar-refractivity contribution in [3.8, 4) is 0 Å². The minimum Gasteiger partial charge on any atom is -0.383 e. The maximum absolute atomic E-state index is 5.15. The van der Waals surface area contributed by atoms with Crippen LogP contribution in [0.5, 0.6) is 0 Å². The zero-order valence-corrected chi connectivity index (χ0v) is 13.6. The lowest BCUT2D eigenvalue weighted by Gasteiger charge is -2.22. The van der Waals surface area contributed by atoms with Crippen molar-refractivity contribution in [2.24, 2.45) is 4.99 Å². The predicted molar refractivity (Wildman–Crippen MR) is 87.9 cm³/mol. The first-order chi connectivity index (χ1) is 10.1. The van der Waals surface area contributed by atoms with Gasteiger partial charge in [0.05, 0.1) is 6.61 Å². The number of aryl methyl sites for hydroxylation is 1. The van der Waals surface area contributed by atoms with Gasteiger partial charge >= 0.3 is 0 Å². The van der Waals surface area contributed by atoms with Gasteiger partial charge in [-0.05, 0) is 37.8 Å². The molecule has 116 valence electrons. The average Bonchev–Trinajstić information content (AvgIpc) is 3.25. The van der Waals surface area contributed by atoms with E-state index in [2.05, 4.69) is 53.7 Å². The van der Waals surface area contributed by atoms with Crippen molar-refractivity contribution < 1.29 is 4.74 Å². The lowest BCUT2D eigenvalue weighted by molar-refractivity contribution is 0.179. The highest BCUT2D eigenvalue weighted by Gasteiger charge is 2.44. The number of rotatable bonds is 6. The standard InChI is InChI=1S/C17H27N3O/c1-13-7-5-6-8-15(13)17(9-10-17)12-19-16(18-3)20-14(2)11-21-4/h5-8,14H,9-12H2,1-4H3,(H2,18,19,20). The molecule has 0 radical (unpaired) electrons. The molecule has 2 N–H and O–H groups in total. The van der Waals surface area contributed by atoms with Crippen LogP contribution in [0.3, 0.4) is 0 Å². The molecule has 0 aromatic heterocycles. The molecular formula is C17H27N3O. The highest BCUT2D eigenvalue weighted by atomic mass is 16.5. The first kappa shape index (κ1) is 15.8. The van der Waals surface area contributed by atoms with Gasteiger partial charge in [-0.1, -0.05) is 24.3 Å². The molecule has 0 spiro atoms. The van der Waals surface area contributed by atoms with Crippen molar-refractivity contribution in [2.75, 3.05) is 27.3 Å². The lowest BCUT2D eigenvalue weighted by Crippen LogP contribution is -2.46. The average molecular weight is 289 g/mol. The Kier molecular flexibility index (Phi) is 5.23. The zero-order chi connectivity index (χ0) is 15.3. The first-order valence-corrected chi connectivity index (χ1v) is 7.63. The number of nitrogens with zero attached hydrogens (tertiary/aromatic N) is 1. The van der Waals surface area contributed by atoms with Crippen LogP contribution in [-0.4, -0.2) is 39.3 Å². The van der Waals surface area contributed by atoms with Crippen LogP contribution < -0.4 is 10.6 Å². The van der Waals surface area contributed by atoms with E-state index in [1.54, 1.807) is 7.11 Å². The Balaban J connectivity index is 1.94. The molecule has 0 aliphatic heterocycles. The molecule has 0 heterocycles. The van der Waals surface area contributed by atoms with Crippen molar-refractivity contribution in [1.29, 1.82) is 0 Å². The number of ether oxygens (including phenoxy) is 1. The topological polar surface area (TPSA) is 45.7 Å². The van der Waals surface area contributed by atoms with Crippen LogP contribution in [0.15, 0.2) is 29.3 Å². The van der Waals surface area contributed by atoms with Gasteiger partial charge in [0, 0.05) is 32.2 Å². The van der Waals surface area contributed by atoms with Crippen LogP contribution in [-0.2, 0) is 10.2 Å². The number of hydrogen-bond acceptors (Lipinski definition) is 2. The molecule has 1 aromatic rings. The van der Waals surface area contributed by atoms with Crippen LogP contribution in [0.1, 0.15) is 30.9 Å². The van der Waals surface area contributed by atoms with Crippen molar-refractivity contribution in [3.05, 3.63) is 35.4 Å². The summed E-state index contributed by atoms with van der Waals surface area (Å²) in [5.41, 5.74) is 3.14. The summed E-state index contributed by atoms with van der Waals surface area (Å²) in [6.07, 6.45) is 2.49. The van der Waals surface area contributed by atoms with Crippen molar-refractivity contribution in [3.63, 3.8) is 0 Å². The highest BCUT2D eigenvalue weighted by molar-refractivity contribution is 5.80. The normalized spacial score (nSPS) is 18.2. The minimum atomic E-state index is 0.245. The van der Waals surface area contributed by atoms with Crippen molar-refractivity contribution in [1.82, 2.24) is 10.6 Å². The van der Waals surface area contributed by atoms with Gasteiger partial charge in [-0.25, -0.2) is 0 Å². The van der Waals surface area contributed by atoms with E-state index in [9.17, 15) is 0 Å². The molecular weight excluding hydrogens is 262 g/mol. The second kappa shape index (κ2) is 6.94. The van der Waals surface area contributed by atoms with Gasteiger partial charge in [0.2, 0.25) is 0 Å². The molecule has 0 amide bonds. The number of guanidine groups is 1. The molecule has 1 aliphatic rings. The molecule has 4 nitrogen and oxygen atoms in total. The number of methoxy groups -OCH3 is 1. The maximum atomic E-state index is 5.15. The minimum absolute atomic E-state index is 0.245. The summed E-state index contributed by atoms with van der Waals surface area (Å²) >= 11 is 0. The summed E-state index contributed by atoms with van der Waals surface area (Å²) in [4.78, 5) is 4.30. The Labute approximate surface area is 128 Å². The monoisotopic (exact) mass is 289 g/mol. The second-order valence-electron chi connectivity index (χ2n) is 6.02. The fraction of sp³-hybridized carbons (Fsp3) is 0.588. The first-order valence-electron chi connectivity index (χ1n) is 7.63. The second-order valence-corrected chi connectivity index (χ2v) is 6.02. The van der Waals surface area contributed by atoms with Gasteiger partial charge in [0.1, 0.15) is 0 Å². The Morgan fingerprint density at radius 3 is 2.67 bits per heavy atom. The number of benzene rings is 1. The fourth-order valence-corrected chi connectivity index (χ4v) is 2.83. The van der Waals surface area contributed by atoms with Crippen LogP contribution >= 0.6 is 0 Å². The Morgan fingerprint density at radius 1 is 1.38 bits per heavy atom. The molecule has 1 unspecified atom stereocenters. The summed E-state index contributed by atoms with van der Waals surface area (Å²) in [5.74, 6) is 0.847. The molecule has 0 bridgehead atoms. The summed E-state index contributed by atoms with van der Waals surface area (Å²) in [6.45, 7) is 5.88. The van der Waals surface area contributed by atoms with E-state index in [1.165, 1.54) is 24.0 Å². The molecule has 1 atom stereocenters. The lowest BCUT2D eigenvalue weighted by atomic mass is 9.92. The smallest absolute Gasteiger partial charge is 0.191 e.